The quantitative estimate of drug-likeness (QED) is 0.478. The average molecular weight is 427 g/mol. The molecule has 3 rings (SSSR count). The van der Waals surface area contributed by atoms with Crippen molar-refractivity contribution in [3.05, 3.63) is 106 Å². The van der Waals surface area contributed by atoms with Crippen molar-refractivity contribution in [1.82, 2.24) is 5.43 Å². The van der Waals surface area contributed by atoms with Crippen LogP contribution in [0.2, 0.25) is 0 Å². The van der Waals surface area contributed by atoms with E-state index in [9.17, 15) is 14.3 Å². The summed E-state index contributed by atoms with van der Waals surface area (Å²) < 4.78 is 14.5. The van der Waals surface area contributed by atoms with E-state index in [-0.39, 0.29) is 5.56 Å². The Hall–Kier alpha value is -2.83. The molecule has 0 atom stereocenters. The lowest BCUT2D eigenvalue weighted by atomic mass is 9.85. The Morgan fingerprint density at radius 2 is 1.56 bits per heavy atom. The van der Waals surface area contributed by atoms with E-state index in [1.54, 1.807) is 66.7 Å². The first-order valence-corrected chi connectivity index (χ1v) is 8.93. The van der Waals surface area contributed by atoms with Gasteiger partial charge in [-0.25, -0.2) is 9.82 Å². The Morgan fingerprint density at radius 1 is 1.00 bits per heavy atom. The van der Waals surface area contributed by atoms with Crippen molar-refractivity contribution in [2.45, 2.75) is 5.60 Å². The maximum atomic E-state index is 13.8. The molecule has 2 N–H and O–H groups in total. The van der Waals surface area contributed by atoms with E-state index < -0.39 is 17.3 Å². The van der Waals surface area contributed by atoms with Gasteiger partial charge >= 0.3 is 0 Å². The number of halogens is 2. The molecule has 4 nitrogen and oxygen atoms in total. The summed E-state index contributed by atoms with van der Waals surface area (Å²) in [5.74, 6) is -1.22. The third kappa shape index (κ3) is 4.13. The SMILES string of the molecule is O=C(N/N=C/c1cc(Br)ccc1F)C(O)(c1ccccc1)c1ccccc1. The van der Waals surface area contributed by atoms with Crippen LogP contribution in [0.5, 0.6) is 0 Å². The van der Waals surface area contributed by atoms with Gasteiger partial charge in [-0.05, 0) is 29.3 Å². The summed E-state index contributed by atoms with van der Waals surface area (Å²) >= 11 is 3.25. The molecule has 0 saturated carbocycles. The van der Waals surface area contributed by atoms with Crippen molar-refractivity contribution in [3.8, 4) is 0 Å². The standard InChI is InChI=1S/C21H16BrFN2O2/c22-18-11-12-19(23)15(13-18)14-24-25-20(26)21(27,16-7-3-1-4-8-16)17-9-5-2-6-10-17/h1-14,27H,(H,25,26)/b24-14+. The molecule has 1 amide bonds. The maximum Gasteiger partial charge on any atom is 0.281 e. The molecule has 0 aliphatic heterocycles. The van der Waals surface area contributed by atoms with Crippen molar-refractivity contribution >= 4 is 28.1 Å². The first kappa shape index (κ1) is 18.9. The predicted octanol–water partition coefficient (Wildman–Crippen LogP) is 3.97. The van der Waals surface area contributed by atoms with E-state index in [1.807, 2.05) is 0 Å². The zero-order chi connectivity index (χ0) is 19.3. The minimum Gasteiger partial charge on any atom is -0.372 e. The molecule has 0 aliphatic rings. The predicted molar refractivity (Wildman–Crippen MR) is 106 cm³/mol. The number of amides is 1. The van der Waals surface area contributed by atoms with Gasteiger partial charge < -0.3 is 5.11 Å². The van der Waals surface area contributed by atoms with Gasteiger partial charge in [-0.1, -0.05) is 76.6 Å². The van der Waals surface area contributed by atoms with E-state index in [2.05, 4.69) is 26.5 Å². The number of nitrogens with one attached hydrogen (secondary N) is 1. The average Bonchev–Trinajstić information content (AvgIpc) is 2.71. The molecular formula is C21H16BrFN2O2. The van der Waals surface area contributed by atoms with Gasteiger partial charge in [0.2, 0.25) is 0 Å². The van der Waals surface area contributed by atoms with Crippen molar-refractivity contribution in [2.75, 3.05) is 0 Å². The summed E-state index contributed by atoms with van der Waals surface area (Å²) in [6.07, 6.45) is 1.19. The van der Waals surface area contributed by atoms with Crippen LogP contribution in [0.25, 0.3) is 0 Å². The van der Waals surface area contributed by atoms with Crippen LogP contribution in [0.1, 0.15) is 16.7 Å². The minimum absolute atomic E-state index is 0.202. The molecule has 0 aromatic heterocycles. The van der Waals surface area contributed by atoms with Crippen molar-refractivity contribution in [3.63, 3.8) is 0 Å². The molecule has 3 aromatic carbocycles. The van der Waals surface area contributed by atoms with Gasteiger partial charge in [-0.2, -0.15) is 5.10 Å². The number of nitrogens with zero attached hydrogens (tertiary/aromatic N) is 1. The summed E-state index contributed by atoms with van der Waals surface area (Å²) in [4.78, 5) is 12.8. The molecule has 0 fully saturated rings. The van der Waals surface area contributed by atoms with Crippen LogP contribution in [0.15, 0.2) is 88.4 Å². The van der Waals surface area contributed by atoms with Gasteiger partial charge in [0.05, 0.1) is 6.21 Å². The molecule has 0 spiro atoms. The summed E-state index contributed by atoms with van der Waals surface area (Å²) in [6, 6.07) is 21.5. The molecule has 0 saturated heterocycles. The van der Waals surface area contributed by atoms with Crippen molar-refractivity contribution in [1.29, 1.82) is 0 Å². The number of hydrazone groups is 1. The fourth-order valence-corrected chi connectivity index (χ4v) is 3.02. The Kier molecular flexibility index (Phi) is 5.78. The summed E-state index contributed by atoms with van der Waals surface area (Å²) in [5.41, 5.74) is 1.38. The number of carbonyl (C=O) groups is 1. The third-order valence-corrected chi connectivity index (χ3v) is 4.53. The Balaban J connectivity index is 1.90. The van der Waals surface area contributed by atoms with Crippen molar-refractivity contribution in [2.24, 2.45) is 5.10 Å². The fraction of sp³-hybridized carbons (Fsp3) is 0.0476. The van der Waals surface area contributed by atoms with E-state index in [0.717, 1.165) is 0 Å². The van der Waals surface area contributed by atoms with Crippen LogP contribution in [0.4, 0.5) is 4.39 Å². The number of hydrogen-bond acceptors (Lipinski definition) is 3. The fourth-order valence-electron chi connectivity index (χ4n) is 2.64. The van der Waals surface area contributed by atoms with Crippen LogP contribution < -0.4 is 5.43 Å². The number of rotatable bonds is 5. The number of hydrogen-bond donors (Lipinski definition) is 2. The van der Waals surface area contributed by atoms with Crippen LogP contribution in [-0.2, 0) is 10.4 Å². The second-order valence-corrected chi connectivity index (χ2v) is 6.72. The second kappa shape index (κ2) is 8.24. The normalized spacial score (nSPS) is 11.5. The first-order valence-electron chi connectivity index (χ1n) is 8.14. The molecule has 0 bridgehead atoms. The van der Waals surface area contributed by atoms with E-state index >= 15 is 0 Å². The molecule has 0 aliphatic carbocycles. The zero-order valence-corrected chi connectivity index (χ0v) is 15.7. The lowest BCUT2D eigenvalue weighted by Crippen LogP contribution is -2.43. The van der Waals surface area contributed by atoms with Crippen molar-refractivity contribution < 1.29 is 14.3 Å². The Bertz CT molecular complexity index is 923. The molecule has 27 heavy (non-hydrogen) atoms. The lowest BCUT2D eigenvalue weighted by molar-refractivity contribution is -0.136. The first-order chi connectivity index (χ1) is 13.0. The lowest BCUT2D eigenvalue weighted by Gasteiger charge is -2.27. The minimum atomic E-state index is -1.93. The molecule has 0 unspecified atom stereocenters. The van der Waals surface area contributed by atoms with Crippen LogP contribution in [0.3, 0.4) is 0 Å². The van der Waals surface area contributed by atoms with Gasteiger partial charge in [0, 0.05) is 10.0 Å². The highest BCUT2D eigenvalue weighted by Crippen LogP contribution is 2.29. The molecule has 3 aromatic rings. The van der Waals surface area contributed by atoms with E-state index in [0.29, 0.717) is 15.6 Å². The molecular weight excluding hydrogens is 411 g/mol. The van der Waals surface area contributed by atoms with Crippen LogP contribution >= 0.6 is 15.9 Å². The number of carbonyl (C=O) groups excluding carboxylic acids is 1. The zero-order valence-electron chi connectivity index (χ0n) is 14.1. The van der Waals surface area contributed by atoms with E-state index in [1.165, 1.54) is 18.3 Å². The largest absolute Gasteiger partial charge is 0.372 e. The maximum absolute atomic E-state index is 13.8. The van der Waals surface area contributed by atoms with Gasteiger partial charge in [0.15, 0.2) is 5.60 Å². The number of aliphatic hydroxyl groups is 1. The van der Waals surface area contributed by atoms with Gasteiger partial charge in [-0.3, -0.25) is 4.79 Å². The summed E-state index contributed by atoms with van der Waals surface area (Å²) in [7, 11) is 0. The van der Waals surface area contributed by atoms with Gasteiger partial charge in [0.25, 0.3) is 5.91 Å². The highest BCUT2D eigenvalue weighted by Gasteiger charge is 2.39. The van der Waals surface area contributed by atoms with Crippen LogP contribution in [0, 0.1) is 5.82 Å². The smallest absolute Gasteiger partial charge is 0.281 e. The summed E-state index contributed by atoms with van der Waals surface area (Å²) in [5, 5.41) is 15.1. The highest BCUT2D eigenvalue weighted by molar-refractivity contribution is 9.10. The van der Waals surface area contributed by atoms with Crippen LogP contribution in [-0.4, -0.2) is 17.2 Å². The Labute approximate surface area is 164 Å². The highest BCUT2D eigenvalue weighted by atomic mass is 79.9. The third-order valence-electron chi connectivity index (χ3n) is 4.04. The molecule has 0 radical (unpaired) electrons. The van der Waals surface area contributed by atoms with E-state index in [4.69, 9.17) is 0 Å². The number of benzene rings is 3. The topological polar surface area (TPSA) is 61.7 Å². The monoisotopic (exact) mass is 426 g/mol. The Morgan fingerprint density at radius 3 is 2.11 bits per heavy atom. The van der Waals surface area contributed by atoms with Gasteiger partial charge in [-0.15, -0.1) is 0 Å². The molecule has 6 heteroatoms. The molecule has 0 heterocycles. The molecule has 136 valence electrons. The second-order valence-electron chi connectivity index (χ2n) is 5.81. The summed E-state index contributed by atoms with van der Waals surface area (Å²) in [6.45, 7) is 0. The van der Waals surface area contributed by atoms with Gasteiger partial charge in [0.1, 0.15) is 5.82 Å².